The van der Waals surface area contributed by atoms with Crippen molar-refractivity contribution in [1.82, 2.24) is 14.5 Å². The van der Waals surface area contributed by atoms with Crippen LogP contribution in [0.15, 0.2) is 65.3 Å². The number of hydrogen-bond donors (Lipinski definition) is 1. The number of methoxy groups -OCH3 is 1. The van der Waals surface area contributed by atoms with E-state index < -0.39 is 28.3 Å². The summed E-state index contributed by atoms with van der Waals surface area (Å²) >= 11 is 6.43. The zero-order valence-corrected chi connectivity index (χ0v) is 30.2. The van der Waals surface area contributed by atoms with Gasteiger partial charge < -0.3 is 14.4 Å². The number of nitrogens with one attached hydrogen (secondary N) is 1. The van der Waals surface area contributed by atoms with Crippen molar-refractivity contribution in [3.05, 3.63) is 88.2 Å². The number of carbonyl (C=O) groups excluding carboxylic acids is 2. The van der Waals surface area contributed by atoms with Crippen molar-refractivity contribution in [2.24, 2.45) is 22.1 Å². The van der Waals surface area contributed by atoms with Crippen LogP contribution in [0.25, 0.3) is 0 Å². The predicted molar refractivity (Wildman–Crippen MR) is 191 cm³/mol. The van der Waals surface area contributed by atoms with Gasteiger partial charge in [0.1, 0.15) is 15.7 Å². The summed E-state index contributed by atoms with van der Waals surface area (Å²) in [4.78, 5) is 29.4. The minimum Gasteiger partial charge on any atom is -0.490 e. The summed E-state index contributed by atoms with van der Waals surface area (Å²) < 4.78 is 60.2. The van der Waals surface area contributed by atoms with E-state index in [-0.39, 0.29) is 40.2 Å². The summed E-state index contributed by atoms with van der Waals surface area (Å²) in [5, 5.41) is 4.22. The minimum atomic E-state index is -3.72. The molecule has 10 nitrogen and oxygen atoms in total. The van der Waals surface area contributed by atoms with Crippen LogP contribution in [0, 0.1) is 17.8 Å². The largest absolute Gasteiger partial charge is 0.490 e. The lowest BCUT2D eigenvalue weighted by Crippen LogP contribution is -2.49. The summed E-state index contributed by atoms with van der Waals surface area (Å²) in [5.41, 5.74) is 2.87. The van der Waals surface area contributed by atoms with Crippen LogP contribution in [0.4, 0.5) is 14.5 Å². The van der Waals surface area contributed by atoms with Crippen molar-refractivity contribution in [3.63, 3.8) is 0 Å². The van der Waals surface area contributed by atoms with Crippen molar-refractivity contribution in [2.45, 2.75) is 63.5 Å². The number of carbonyl (C=O) groups is 2. The summed E-state index contributed by atoms with van der Waals surface area (Å²) in [6, 6.07) is 11.2. The normalized spacial score (nSPS) is 29.9. The third-order valence-corrected chi connectivity index (χ3v) is 13.1. The molecule has 2 aliphatic carbocycles. The van der Waals surface area contributed by atoms with Crippen LogP contribution in [0.3, 0.4) is 0 Å². The number of rotatable bonds is 4. The summed E-state index contributed by atoms with van der Waals surface area (Å²) in [6.07, 6.45) is 11.2. The number of alkyl halides is 2. The van der Waals surface area contributed by atoms with Crippen molar-refractivity contribution in [2.75, 3.05) is 37.5 Å². The lowest BCUT2D eigenvalue weighted by atomic mass is 9.68. The molecule has 1 aromatic heterocycles. The Bertz CT molecular complexity index is 1980. The van der Waals surface area contributed by atoms with Gasteiger partial charge in [-0.2, -0.15) is 13.9 Å². The first kappa shape index (κ1) is 35.6. The third kappa shape index (κ3) is 7.30. The zero-order chi connectivity index (χ0) is 35.9. The number of allylic oxidation sites excluding steroid dienone is 1. The van der Waals surface area contributed by atoms with Gasteiger partial charge in [-0.1, -0.05) is 36.7 Å². The fourth-order valence-electron chi connectivity index (χ4n) is 8.13. The number of nitrogens with zero attached hydrogens (tertiary/aromatic N) is 4. The molecule has 51 heavy (non-hydrogen) atoms. The molecular weight excluding hydrogens is 700 g/mol. The first-order valence-corrected chi connectivity index (χ1v) is 19.5. The fraction of sp³-hybridized carbons (Fsp3) is 0.486. The molecule has 6 atom stereocenters. The number of ether oxygens (including phenoxy) is 2. The van der Waals surface area contributed by atoms with Gasteiger partial charge in [0.25, 0.3) is 11.8 Å². The molecule has 3 heterocycles. The molecule has 7 rings (SSSR count). The van der Waals surface area contributed by atoms with E-state index in [0.29, 0.717) is 40.9 Å². The topological polar surface area (TPSA) is 115 Å². The van der Waals surface area contributed by atoms with E-state index >= 15 is 0 Å². The Morgan fingerprint density at radius 3 is 2.80 bits per heavy atom. The number of benzene rings is 2. The molecule has 1 saturated carbocycles. The van der Waals surface area contributed by atoms with Crippen LogP contribution >= 0.6 is 11.6 Å². The van der Waals surface area contributed by atoms with Crippen LogP contribution in [-0.2, 0) is 26.5 Å². The Kier molecular flexibility index (Phi) is 9.98. The standard InChI is InChI=1S/C37H42ClF2N5O5S/c1-23-5-3-7-32(49-2)29-11-8-26(29)18-44-21-37(14-4-6-24-15-28(38)10-12-30(24)37)22-50-33-13-9-25(16-31(33)44)34(46)42-51(48,20-23)43-35(47)27-17-41-45(19-27)36(39)40/h3,7,9-10,12-13,15-17,19,23,26,29,32,36H,4-6,8,11,14,18,20-22H2,1-2H3,(H,42,43,46,47,48)/b7-3+/t23-,26-,29+,32-,37-,51-/m0/s1. The second-order valence-electron chi connectivity index (χ2n) is 14.4. The molecule has 0 unspecified atom stereocenters. The van der Waals surface area contributed by atoms with E-state index in [1.807, 2.05) is 19.1 Å². The first-order valence-electron chi connectivity index (χ1n) is 17.4. The van der Waals surface area contributed by atoms with Gasteiger partial charge in [-0.25, -0.2) is 8.89 Å². The molecule has 272 valence electrons. The summed E-state index contributed by atoms with van der Waals surface area (Å²) in [6.45, 7) is 0.748. The minimum absolute atomic E-state index is 0.119. The average Bonchev–Trinajstić information content (AvgIpc) is 3.53. The van der Waals surface area contributed by atoms with Gasteiger partial charge in [0, 0.05) is 42.4 Å². The Hall–Kier alpha value is -3.81. The highest BCUT2D eigenvalue weighted by molar-refractivity contribution is 7.92. The third-order valence-electron chi connectivity index (χ3n) is 10.8. The van der Waals surface area contributed by atoms with E-state index in [1.165, 1.54) is 11.1 Å². The number of anilines is 1. The van der Waals surface area contributed by atoms with E-state index in [2.05, 4.69) is 37.3 Å². The molecule has 0 radical (unpaired) electrons. The van der Waals surface area contributed by atoms with E-state index in [4.69, 9.17) is 21.1 Å². The first-order chi connectivity index (χ1) is 24.5. The molecule has 4 aliphatic rings. The molecule has 14 heteroatoms. The molecule has 1 N–H and O–H groups in total. The van der Waals surface area contributed by atoms with Crippen LogP contribution in [0.2, 0.25) is 5.02 Å². The maximum atomic E-state index is 14.4. The Morgan fingerprint density at radius 2 is 2.06 bits per heavy atom. The van der Waals surface area contributed by atoms with Crippen LogP contribution in [0.1, 0.15) is 77.4 Å². The van der Waals surface area contributed by atoms with E-state index in [9.17, 15) is 22.6 Å². The Morgan fingerprint density at radius 1 is 1.22 bits per heavy atom. The average molecular weight is 742 g/mol. The molecular formula is C37H42ClF2N5O5S. The highest BCUT2D eigenvalue weighted by Crippen LogP contribution is 2.47. The smallest absolute Gasteiger partial charge is 0.333 e. The second-order valence-corrected chi connectivity index (χ2v) is 16.8. The van der Waals surface area contributed by atoms with Crippen LogP contribution in [-0.4, -0.2) is 64.5 Å². The number of fused-ring (bicyclic) bond motifs is 4. The SMILES string of the molecule is CO[C@H]1/C=C/C[C@H](C)C[S@@](=O)(NC(=O)c2cnn(C(F)F)c2)=NC(=O)c2ccc3c(c2)N(C[C@@H]2CC[C@H]21)C[C@@]1(CCCc2cc(Cl)ccc21)CO3. The van der Waals surface area contributed by atoms with E-state index in [1.54, 1.807) is 25.3 Å². The lowest BCUT2D eigenvalue weighted by molar-refractivity contribution is 0.0131. The molecule has 2 aromatic carbocycles. The molecule has 2 aliphatic heterocycles. The lowest BCUT2D eigenvalue weighted by Gasteiger charge is -2.46. The number of amides is 2. The maximum absolute atomic E-state index is 14.4. The van der Waals surface area contributed by atoms with E-state index in [0.717, 1.165) is 56.7 Å². The van der Waals surface area contributed by atoms with Gasteiger partial charge in [-0.15, -0.1) is 4.36 Å². The van der Waals surface area contributed by atoms with Crippen molar-refractivity contribution >= 4 is 39.0 Å². The number of hydrogen-bond acceptors (Lipinski definition) is 7. The molecule has 0 saturated heterocycles. The van der Waals surface area contributed by atoms with Crippen molar-refractivity contribution in [3.8, 4) is 5.75 Å². The highest BCUT2D eigenvalue weighted by Gasteiger charge is 2.44. The molecule has 2 amide bonds. The number of halogens is 3. The van der Waals surface area contributed by atoms with Crippen molar-refractivity contribution < 1.29 is 32.1 Å². The quantitative estimate of drug-likeness (QED) is 0.287. The molecule has 1 spiro atoms. The van der Waals surface area contributed by atoms with Crippen LogP contribution < -0.4 is 14.4 Å². The predicted octanol–water partition coefficient (Wildman–Crippen LogP) is 7.00. The number of aryl methyl sites for hydroxylation is 1. The van der Waals surface area contributed by atoms with Crippen LogP contribution in [0.5, 0.6) is 5.75 Å². The fourth-order valence-corrected chi connectivity index (χ4v) is 10.2. The summed E-state index contributed by atoms with van der Waals surface area (Å²) in [5.74, 6) is -0.828. The molecule has 2 bridgehead atoms. The zero-order valence-electron chi connectivity index (χ0n) is 28.6. The maximum Gasteiger partial charge on any atom is 0.333 e. The van der Waals surface area contributed by atoms with Gasteiger partial charge in [-0.05, 0) is 97.7 Å². The van der Waals surface area contributed by atoms with Crippen molar-refractivity contribution in [1.29, 1.82) is 0 Å². The molecule has 3 aromatic rings. The monoisotopic (exact) mass is 741 g/mol. The Labute approximate surface area is 301 Å². The van der Waals surface area contributed by atoms with Gasteiger partial charge in [-0.3, -0.25) is 14.3 Å². The summed E-state index contributed by atoms with van der Waals surface area (Å²) in [7, 11) is -2.00. The van der Waals surface area contributed by atoms with Gasteiger partial charge in [0.05, 0.1) is 35.9 Å². The Balaban J connectivity index is 1.29. The highest BCUT2D eigenvalue weighted by atomic mass is 35.5. The number of aromatic nitrogens is 2. The molecule has 1 fully saturated rings. The second kappa shape index (κ2) is 14.3. The van der Waals surface area contributed by atoms with Gasteiger partial charge >= 0.3 is 6.55 Å². The van der Waals surface area contributed by atoms with Gasteiger partial charge in [0.15, 0.2) is 0 Å². The van der Waals surface area contributed by atoms with Gasteiger partial charge in [0.2, 0.25) is 0 Å².